The number of aromatic nitrogens is 2. The summed E-state index contributed by atoms with van der Waals surface area (Å²) >= 11 is 0. The van der Waals surface area contributed by atoms with Gasteiger partial charge in [0, 0.05) is 31.7 Å². The Morgan fingerprint density at radius 2 is 2.17 bits per heavy atom. The highest BCUT2D eigenvalue weighted by Gasteiger charge is 2.09. The van der Waals surface area contributed by atoms with E-state index in [1.165, 1.54) is 0 Å². The Labute approximate surface area is 107 Å². The van der Waals surface area contributed by atoms with Gasteiger partial charge in [0.25, 0.3) is 0 Å². The molecule has 0 saturated carbocycles. The van der Waals surface area contributed by atoms with Crippen LogP contribution in [0.4, 0.5) is 5.82 Å². The molecule has 0 bridgehead atoms. The Bertz CT molecular complexity index is 572. The van der Waals surface area contributed by atoms with Crippen LogP contribution in [0.2, 0.25) is 0 Å². The molecule has 0 amide bonds. The fraction of sp³-hybridized carbons (Fsp3) is 0.214. The van der Waals surface area contributed by atoms with E-state index in [1.807, 2.05) is 43.3 Å². The van der Waals surface area contributed by atoms with Gasteiger partial charge in [-0.15, -0.1) is 0 Å². The number of hydrogen-bond donors (Lipinski definition) is 0. The Morgan fingerprint density at radius 3 is 2.83 bits per heavy atom. The summed E-state index contributed by atoms with van der Waals surface area (Å²) in [5, 5.41) is 9.10. The van der Waals surface area contributed by atoms with Crippen molar-refractivity contribution >= 4 is 5.82 Å². The second kappa shape index (κ2) is 5.28. The van der Waals surface area contributed by atoms with Gasteiger partial charge >= 0.3 is 0 Å². The van der Waals surface area contributed by atoms with Crippen molar-refractivity contribution in [3.8, 4) is 6.07 Å². The summed E-state index contributed by atoms with van der Waals surface area (Å²) in [6.45, 7) is 2.60. The lowest BCUT2D eigenvalue weighted by Crippen LogP contribution is -2.19. The summed E-state index contributed by atoms with van der Waals surface area (Å²) < 4.78 is 0. The number of pyridine rings is 2. The molecule has 0 atom stereocenters. The third-order valence-electron chi connectivity index (χ3n) is 2.64. The van der Waals surface area contributed by atoms with Crippen LogP contribution in [-0.4, -0.2) is 17.0 Å². The number of nitrogens with zero attached hydrogens (tertiary/aromatic N) is 4. The normalized spacial score (nSPS) is 9.83. The predicted octanol–water partition coefficient (Wildman–Crippen LogP) is 2.29. The Kier molecular flexibility index (Phi) is 3.54. The third kappa shape index (κ3) is 2.64. The molecule has 0 saturated heterocycles. The fourth-order valence-corrected chi connectivity index (χ4v) is 1.76. The highest BCUT2D eigenvalue weighted by Crippen LogP contribution is 2.18. The standard InChI is InChI=1S/C14H14N4/c1-11-5-6-13(8-15)14(17-11)18(2)10-12-4-3-7-16-9-12/h3-7,9H,10H2,1-2H3. The maximum atomic E-state index is 9.10. The van der Waals surface area contributed by atoms with E-state index >= 15 is 0 Å². The van der Waals surface area contributed by atoms with Crippen LogP contribution in [0.5, 0.6) is 0 Å². The number of aryl methyl sites for hydroxylation is 1. The summed E-state index contributed by atoms with van der Waals surface area (Å²) in [5.74, 6) is 0.710. The van der Waals surface area contributed by atoms with E-state index in [0.717, 1.165) is 11.3 Å². The molecular formula is C14H14N4. The highest BCUT2D eigenvalue weighted by molar-refractivity contribution is 5.54. The van der Waals surface area contributed by atoms with E-state index in [1.54, 1.807) is 12.3 Å². The lowest BCUT2D eigenvalue weighted by molar-refractivity contribution is 0.883. The van der Waals surface area contributed by atoms with Crippen LogP contribution in [0.25, 0.3) is 0 Å². The topological polar surface area (TPSA) is 52.8 Å². The molecule has 90 valence electrons. The van der Waals surface area contributed by atoms with Crippen LogP contribution < -0.4 is 4.90 Å². The Morgan fingerprint density at radius 1 is 1.33 bits per heavy atom. The lowest BCUT2D eigenvalue weighted by atomic mass is 10.2. The SMILES string of the molecule is Cc1ccc(C#N)c(N(C)Cc2cccnc2)n1. The zero-order chi connectivity index (χ0) is 13.0. The molecule has 0 aliphatic rings. The van der Waals surface area contributed by atoms with E-state index in [0.29, 0.717) is 17.9 Å². The van der Waals surface area contributed by atoms with Gasteiger partial charge in [0.1, 0.15) is 11.9 Å². The third-order valence-corrected chi connectivity index (χ3v) is 2.64. The van der Waals surface area contributed by atoms with Gasteiger partial charge in [-0.25, -0.2) is 4.98 Å². The average molecular weight is 238 g/mol. The highest BCUT2D eigenvalue weighted by atomic mass is 15.2. The minimum Gasteiger partial charge on any atom is -0.354 e. The zero-order valence-electron chi connectivity index (χ0n) is 10.5. The largest absolute Gasteiger partial charge is 0.354 e. The molecule has 4 heteroatoms. The minimum atomic E-state index is 0.590. The minimum absolute atomic E-state index is 0.590. The molecule has 0 spiro atoms. The maximum Gasteiger partial charge on any atom is 0.146 e. The monoisotopic (exact) mass is 238 g/mol. The van der Waals surface area contributed by atoms with Crippen LogP contribution in [0.15, 0.2) is 36.7 Å². The number of nitriles is 1. The van der Waals surface area contributed by atoms with Crippen molar-refractivity contribution in [3.63, 3.8) is 0 Å². The van der Waals surface area contributed by atoms with Gasteiger partial charge in [0.2, 0.25) is 0 Å². The average Bonchev–Trinajstić information content (AvgIpc) is 2.40. The van der Waals surface area contributed by atoms with Crippen LogP contribution in [0.1, 0.15) is 16.8 Å². The van der Waals surface area contributed by atoms with Crippen molar-refractivity contribution in [2.24, 2.45) is 0 Å². The molecule has 2 aromatic heterocycles. The first-order valence-electron chi connectivity index (χ1n) is 5.68. The molecule has 4 nitrogen and oxygen atoms in total. The van der Waals surface area contributed by atoms with E-state index in [2.05, 4.69) is 16.0 Å². The quantitative estimate of drug-likeness (QED) is 0.823. The number of anilines is 1. The molecule has 0 unspecified atom stereocenters. The van der Waals surface area contributed by atoms with E-state index in [-0.39, 0.29) is 0 Å². The predicted molar refractivity (Wildman–Crippen MR) is 70.0 cm³/mol. The molecular weight excluding hydrogens is 224 g/mol. The van der Waals surface area contributed by atoms with Crippen LogP contribution in [0.3, 0.4) is 0 Å². The van der Waals surface area contributed by atoms with Crippen LogP contribution in [-0.2, 0) is 6.54 Å². The molecule has 0 aliphatic carbocycles. The number of rotatable bonds is 3. The molecule has 2 heterocycles. The fourth-order valence-electron chi connectivity index (χ4n) is 1.76. The summed E-state index contributed by atoms with van der Waals surface area (Å²) in [6.07, 6.45) is 3.56. The van der Waals surface area contributed by atoms with Gasteiger partial charge in [-0.2, -0.15) is 5.26 Å². The van der Waals surface area contributed by atoms with Crippen molar-refractivity contribution in [1.82, 2.24) is 9.97 Å². The zero-order valence-corrected chi connectivity index (χ0v) is 10.5. The van der Waals surface area contributed by atoms with Gasteiger partial charge < -0.3 is 4.90 Å². The summed E-state index contributed by atoms with van der Waals surface area (Å²) in [5.41, 5.74) is 2.58. The summed E-state index contributed by atoms with van der Waals surface area (Å²) in [7, 11) is 1.93. The van der Waals surface area contributed by atoms with E-state index < -0.39 is 0 Å². The second-order valence-corrected chi connectivity index (χ2v) is 4.15. The molecule has 0 aromatic carbocycles. The summed E-state index contributed by atoms with van der Waals surface area (Å²) in [4.78, 5) is 10.5. The second-order valence-electron chi connectivity index (χ2n) is 4.15. The van der Waals surface area contributed by atoms with Gasteiger partial charge in [-0.1, -0.05) is 6.07 Å². The smallest absolute Gasteiger partial charge is 0.146 e. The first-order chi connectivity index (χ1) is 8.70. The van der Waals surface area contributed by atoms with Crippen LogP contribution >= 0.6 is 0 Å². The number of hydrogen-bond acceptors (Lipinski definition) is 4. The van der Waals surface area contributed by atoms with Crippen molar-refractivity contribution in [3.05, 3.63) is 53.5 Å². The van der Waals surface area contributed by atoms with Gasteiger partial charge in [0.15, 0.2) is 0 Å². The van der Waals surface area contributed by atoms with Gasteiger partial charge in [-0.3, -0.25) is 4.98 Å². The molecule has 0 N–H and O–H groups in total. The molecule has 2 rings (SSSR count). The van der Waals surface area contributed by atoms with Crippen molar-refractivity contribution in [2.45, 2.75) is 13.5 Å². The van der Waals surface area contributed by atoms with Crippen LogP contribution in [0, 0.1) is 18.3 Å². The Balaban J connectivity index is 2.26. The molecule has 0 aliphatic heterocycles. The van der Waals surface area contributed by atoms with E-state index in [4.69, 9.17) is 5.26 Å². The van der Waals surface area contributed by atoms with Crippen molar-refractivity contribution in [1.29, 1.82) is 5.26 Å². The summed E-state index contributed by atoms with van der Waals surface area (Å²) in [6, 6.07) is 9.73. The van der Waals surface area contributed by atoms with Crippen molar-refractivity contribution in [2.75, 3.05) is 11.9 Å². The van der Waals surface area contributed by atoms with Gasteiger partial charge in [-0.05, 0) is 30.7 Å². The van der Waals surface area contributed by atoms with Gasteiger partial charge in [0.05, 0.1) is 5.56 Å². The molecule has 18 heavy (non-hydrogen) atoms. The first kappa shape index (κ1) is 12.1. The molecule has 0 radical (unpaired) electrons. The first-order valence-corrected chi connectivity index (χ1v) is 5.68. The Hall–Kier alpha value is -2.41. The molecule has 2 aromatic rings. The molecule has 0 fully saturated rings. The maximum absolute atomic E-state index is 9.10. The van der Waals surface area contributed by atoms with Crippen molar-refractivity contribution < 1.29 is 0 Å². The lowest BCUT2D eigenvalue weighted by Gasteiger charge is -2.19. The van der Waals surface area contributed by atoms with E-state index in [9.17, 15) is 0 Å².